The Bertz CT molecular complexity index is 665. The molecule has 1 N–H and O–H groups in total. The van der Waals surface area contributed by atoms with E-state index in [4.69, 9.17) is 0 Å². The van der Waals surface area contributed by atoms with Gasteiger partial charge in [0.1, 0.15) is 5.82 Å². The van der Waals surface area contributed by atoms with Crippen molar-refractivity contribution in [3.05, 3.63) is 65.2 Å². The normalized spacial score (nSPS) is 11.9. The fourth-order valence-electron chi connectivity index (χ4n) is 1.62. The van der Waals surface area contributed by atoms with Crippen LogP contribution < -0.4 is 5.43 Å². The first kappa shape index (κ1) is 15.0. The van der Waals surface area contributed by atoms with E-state index >= 15 is 0 Å². The lowest BCUT2D eigenvalue weighted by molar-refractivity contribution is -0.137. The van der Waals surface area contributed by atoms with E-state index in [1.54, 1.807) is 0 Å². The van der Waals surface area contributed by atoms with E-state index in [2.05, 4.69) is 10.5 Å². The summed E-state index contributed by atoms with van der Waals surface area (Å²) in [5.74, 6) is -1.65. The van der Waals surface area contributed by atoms with E-state index in [0.29, 0.717) is 6.07 Å². The monoisotopic (exact) mass is 300 g/mol. The number of hydrogen-bond acceptors (Lipinski definition) is 2. The van der Waals surface area contributed by atoms with E-state index in [1.807, 2.05) is 0 Å². The predicted octanol–water partition coefficient (Wildman–Crippen LogP) is 4.43. The number of hydrogen-bond donors (Lipinski definition) is 1. The third kappa shape index (κ3) is 3.77. The zero-order chi connectivity index (χ0) is 15.5. The average Bonchev–Trinajstić information content (AvgIpc) is 2.41. The molecule has 0 heterocycles. The van der Waals surface area contributed by atoms with Crippen LogP contribution in [0.3, 0.4) is 0 Å². The lowest BCUT2D eigenvalue weighted by atomic mass is 10.1. The molecule has 0 radical (unpaired) electrons. The van der Waals surface area contributed by atoms with Crippen LogP contribution in [-0.4, -0.2) is 6.21 Å². The molecule has 21 heavy (non-hydrogen) atoms. The third-order valence-electron chi connectivity index (χ3n) is 2.59. The largest absolute Gasteiger partial charge is 0.417 e. The smallest absolute Gasteiger partial charge is 0.276 e. The molecule has 0 bridgehead atoms. The molecule has 0 saturated carbocycles. The summed E-state index contributed by atoms with van der Waals surface area (Å²) in [6.07, 6.45) is -3.59. The van der Waals surface area contributed by atoms with Crippen LogP contribution in [-0.2, 0) is 6.18 Å². The van der Waals surface area contributed by atoms with Crippen LogP contribution in [0, 0.1) is 11.6 Å². The Kier molecular flexibility index (Phi) is 4.21. The fraction of sp³-hybridized carbons (Fsp3) is 0.0714. The number of hydrazone groups is 1. The van der Waals surface area contributed by atoms with E-state index in [-0.39, 0.29) is 11.3 Å². The highest BCUT2D eigenvalue weighted by atomic mass is 19.4. The second kappa shape index (κ2) is 5.90. The van der Waals surface area contributed by atoms with Crippen molar-refractivity contribution < 1.29 is 22.0 Å². The summed E-state index contributed by atoms with van der Waals surface area (Å²) in [7, 11) is 0. The van der Waals surface area contributed by atoms with Gasteiger partial charge in [-0.2, -0.15) is 18.3 Å². The predicted molar refractivity (Wildman–Crippen MR) is 69.0 cm³/mol. The highest BCUT2D eigenvalue weighted by molar-refractivity contribution is 5.82. The van der Waals surface area contributed by atoms with Crippen molar-refractivity contribution >= 4 is 11.9 Å². The standard InChI is InChI=1S/C14H9F5N2/c15-10-5-6-13(12(16)7-10)21-20-8-9-3-1-2-4-11(9)14(17,18)19/h1-8,21H/b20-8-. The Morgan fingerprint density at radius 1 is 1.00 bits per heavy atom. The van der Waals surface area contributed by atoms with Crippen LogP contribution in [0.1, 0.15) is 11.1 Å². The van der Waals surface area contributed by atoms with Crippen LogP contribution in [0.2, 0.25) is 0 Å². The van der Waals surface area contributed by atoms with Crippen LogP contribution in [0.25, 0.3) is 0 Å². The van der Waals surface area contributed by atoms with Gasteiger partial charge < -0.3 is 0 Å². The Labute approximate surface area is 116 Å². The van der Waals surface area contributed by atoms with Gasteiger partial charge in [-0.3, -0.25) is 5.43 Å². The molecule has 0 amide bonds. The summed E-state index contributed by atoms with van der Waals surface area (Å²) in [5, 5.41) is 3.54. The van der Waals surface area contributed by atoms with Crippen molar-refractivity contribution in [1.29, 1.82) is 0 Å². The first-order chi connectivity index (χ1) is 9.88. The maximum absolute atomic E-state index is 13.3. The van der Waals surface area contributed by atoms with Gasteiger partial charge in [0.25, 0.3) is 0 Å². The van der Waals surface area contributed by atoms with Crippen LogP contribution in [0.5, 0.6) is 0 Å². The van der Waals surface area contributed by atoms with Gasteiger partial charge in [0.15, 0.2) is 5.82 Å². The number of nitrogens with zero attached hydrogens (tertiary/aromatic N) is 1. The number of anilines is 1. The van der Waals surface area contributed by atoms with Gasteiger partial charge in [0, 0.05) is 11.6 Å². The minimum Gasteiger partial charge on any atom is -0.276 e. The van der Waals surface area contributed by atoms with Gasteiger partial charge in [-0.25, -0.2) is 8.78 Å². The molecule has 0 unspecified atom stereocenters. The highest BCUT2D eigenvalue weighted by Crippen LogP contribution is 2.31. The first-order valence-corrected chi connectivity index (χ1v) is 5.78. The number of halogens is 5. The average molecular weight is 300 g/mol. The van der Waals surface area contributed by atoms with Crippen molar-refractivity contribution in [3.63, 3.8) is 0 Å². The lowest BCUT2D eigenvalue weighted by Crippen LogP contribution is -2.09. The van der Waals surface area contributed by atoms with Gasteiger partial charge in [-0.1, -0.05) is 18.2 Å². The maximum atomic E-state index is 13.3. The molecule has 0 aromatic heterocycles. The molecule has 0 saturated heterocycles. The summed E-state index contributed by atoms with van der Waals surface area (Å²) in [6, 6.07) is 7.57. The number of alkyl halides is 3. The highest BCUT2D eigenvalue weighted by Gasteiger charge is 2.32. The molecule has 0 fully saturated rings. The van der Waals surface area contributed by atoms with Gasteiger partial charge >= 0.3 is 6.18 Å². The Balaban J connectivity index is 2.19. The Morgan fingerprint density at radius 3 is 2.38 bits per heavy atom. The van der Waals surface area contributed by atoms with E-state index in [1.165, 1.54) is 18.2 Å². The molecule has 0 atom stereocenters. The van der Waals surface area contributed by atoms with E-state index in [9.17, 15) is 22.0 Å². The molecule has 2 rings (SSSR count). The van der Waals surface area contributed by atoms with Crippen LogP contribution >= 0.6 is 0 Å². The molecule has 2 aromatic rings. The molecular formula is C14H9F5N2. The second-order valence-electron chi connectivity index (χ2n) is 4.08. The van der Waals surface area contributed by atoms with Crippen molar-refractivity contribution in [1.82, 2.24) is 0 Å². The molecule has 2 nitrogen and oxygen atoms in total. The summed E-state index contributed by atoms with van der Waals surface area (Å²) < 4.78 is 64.1. The van der Waals surface area contributed by atoms with E-state index in [0.717, 1.165) is 24.4 Å². The first-order valence-electron chi connectivity index (χ1n) is 5.78. The molecular weight excluding hydrogens is 291 g/mol. The molecule has 7 heteroatoms. The number of benzene rings is 2. The number of nitrogens with one attached hydrogen (secondary N) is 1. The minimum absolute atomic E-state index is 0.142. The van der Waals surface area contributed by atoms with Crippen molar-refractivity contribution in [2.75, 3.05) is 5.43 Å². The van der Waals surface area contributed by atoms with E-state index < -0.39 is 23.4 Å². The molecule has 110 valence electrons. The number of rotatable bonds is 3. The van der Waals surface area contributed by atoms with Crippen LogP contribution in [0.15, 0.2) is 47.6 Å². The van der Waals surface area contributed by atoms with Gasteiger partial charge in [0.2, 0.25) is 0 Å². The third-order valence-corrected chi connectivity index (χ3v) is 2.59. The summed E-state index contributed by atoms with van der Waals surface area (Å²) >= 11 is 0. The quantitative estimate of drug-likeness (QED) is 0.506. The Hall–Kier alpha value is -2.44. The van der Waals surface area contributed by atoms with Crippen molar-refractivity contribution in [3.8, 4) is 0 Å². The SMILES string of the molecule is Fc1ccc(N/N=C\c2ccccc2C(F)(F)F)c(F)c1. The fourth-order valence-corrected chi connectivity index (χ4v) is 1.62. The molecule has 0 aliphatic heterocycles. The minimum atomic E-state index is -4.51. The maximum Gasteiger partial charge on any atom is 0.417 e. The van der Waals surface area contributed by atoms with Gasteiger partial charge in [-0.15, -0.1) is 0 Å². The topological polar surface area (TPSA) is 24.4 Å². The van der Waals surface area contributed by atoms with Crippen molar-refractivity contribution in [2.45, 2.75) is 6.18 Å². The van der Waals surface area contributed by atoms with Gasteiger partial charge in [-0.05, 0) is 18.2 Å². The Morgan fingerprint density at radius 2 is 1.71 bits per heavy atom. The summed E-state index contributed by atoms with van der Waals surface area (Å²) in [4.78, 5) is 0. The summed E-state index contributed by atoms with van der Waals surface area (Å²) in [6.45, 7) is 0. The second-order valence-corrected chi connectivity index (χ2v) is 4.08. The van der Waals surface area contributed by atoms with Gasteiger partial charge in [0.05, 0.1) is 17.5 Å². The summed E-state index contributed by atoms with van der Waals surface area (Å²) in [5.41, 5.74) is 1.07. The zero-order valence-electron chi connectivity index (χ0n) is 10.5. The molecule has 2 aromatic carbocycles. The molecule has 0 aliphatic rings. The lowest BCUT2D eigenvalue weighted by Gasteiger charge is -2.09. The zero-order valence-corrected chi connectivity index (χ0v) is 10.5. The molecule has 0 spiro atoms. The molecule has 0 aliphatic carbocycles. The van der Waals surface area contributed by atoms with Crippen LogP contribution in [0.4, 0.5) is 27.6 Å². The van der Waals surface area contributed by atoms with Crippen molar-refractivity contribution in [2.24, 2.45) is 5.10 Å².